The molecule has 23 heavy (non-hydrogen) atoms. The fourth-order valence-electron chi connectivity index (χ4n) is 2.53. The summed E-state index contributed by atoms with van der Waals surface area (Å²) in [6.07, 6.45) is 0.257. The molecule has 0 bridgehead atoms. The Morgan fingerprint density at radius 1 is 1.09 bits per heavy atom. The second-order valence-electron chi connectivity index (χ2n) is 5.29. The number of anilines is 1. The lowest BCUT2D eigenvalue weighted by molar-refractivity contribution is -0.138. The van der Waals surface area contributed by atoms with Gasteiger partial charge in [-0.15, -0.1) is 0 Å². The Kier molecular flexibility index (Phi) is 4.39. The van der Waals surface area contributed by atoms with E-state index < -0.39 is 6.03 Å². The van der Waals surface area contributed by atoms with Gasteiger partial charge in [-0.1, -0.05) is 55.5 Å². The molecule has 5 nitrogen and oxygen atoms in total. The van der Waals surface area contributed by atoms with Gasteiger partial charge in [-0.25, -0.2) is 9.69 Å². The first-order valence-electron chi connectivity index (χ1n) is 7.60. The highest BCUT2D eigenvalue weighted by Crippen LogP contribution is 2.29. The first-order valence-corrected chi connectivity index (χ1v) is 7.60. The third-order valence-electron chi connectivity index (χ3n) is 3.73. The van der Waals surface area contributed by atoms with E-state index in [0.717, 1.165) is 11.1 Å². The first kappa shape index (κ1) is 15.2. The molecular weight excluding hydrogens is 292 g/mol. The molecule has 0 saturated heterocycles. The zero-order chi connectivity index (χ0) is 16.2. The van der Waals surface area contributed by atoms with Gasteiger partial charge in [0.1, 0.15) is 6.61 Å². The summed E-state index contributed by atoms with van der Waals surface area (Å²) in [6, 6.07) is 16.6. The summed E-state index contributed by atoms with van der Waals surface area (Å²) in [7, 11) is 0. The van der Waals surface area contributed by atoms with Gasteiger partial charge in [-0.3, -0.25) is 9.63 Å². The molecule has 2 aromatic rings. The van der Waals surface area contributed by atoms with Crippen LogP contribution in [0.1, 0.15) is 24.5 Å². The van der Waals surface area contributed by atoms with E-state index in [0.29, 0.717) is 12.2 Å². The van der Waals surface area contributed by atoms with Crippen LogP contribution in [0.15, 0.2) is 54.6 Å². The quantitative estimate of drug-likeness (QED) is 0.868. The number of imide groups is 1. The van der Waals surface area contributed by atoms with E-state index in [-0.39, 0.29) is 18.9 Å². The molecule has 3 rings (SSSR count). The molecule has 2 aromatic carbocycles. The van der Waals surface area contributed by atoms with Gasteiger partial charge >= 0.3 is 6.03 Å². The second kappa shape index (κ2) is 6.62. The zero-order valence-corrected chi connectivity index (χ0v) is 12.9. The Balaban J connectivity index is 1.83. The highest BCUT2D eigenvalue weighted by atomic mass is 16.7. The predicted octanol–water partition coefficient (Wildman–Crippen LogP) is 3.50. The van der Waals surface area contributed by atoms with Gasteiger partial charge in [0.25, 0.3) is 0 Å². The van der Waals surface area contributed by atoms with Gasteiger partial charge < -0.3 is 0 Å². The van der Waals surface area contributed by atoms with Crippen molar-refractivity contribution in [2.75, 3.05) is 4.90 Å². The van der Waals surface area contributed by atoms with Crippen LogP contribution in [0.3, 0.4) is 0 Å². The Morgan fingerprint density at radius 2 is 1.78 bits per heavy atom. The molecule has 1 heterocycles. The van der Waals surface area contributed by atoms with Crippen molar-refractivity contribution in [3.63, 3.8) is 0 Å². The molecule has 3 amide bonds. The van der Waals surface area contributed by atoms with Crippen molar-refractivity contribution in [2.45, 2.75) is 26.5 Å². The van der Waals surface area contributed by atoms with E-state index in [4.69, 9.17) is 4.84 Å². The Bertz CT molecular complexity index is 715. The lowest BCUT2D eigenvalue weighted by Crippen LogP contribution is -2.49. The third kappa shape index (κ3) is 3.10. The van der Waals surface area contributed by atoms with Crippen LogP contribution in [0, 0.1) is 0 Å². The van der Waals surface area contributed by atoms with Gasteiger partial charge in [-0.05, 0) is 17.2 Å². The number of para-hydroxylation sites is 1. The molecular formula is C18H18N2O3. The van der Waals surface area contributed by atoms with Gasteiger partial charge in [-0.2, -0.15) is 5.06 Å². The molecule has 0 radical (unpaired) electrons. The first-order chi connectivity index (χ1) is 11.2. The average Bonchev–Trinajstić information content (AvgIpc) is 2.60. The van der Waals surface area contributed by atoms with Crippen LogP contribution in [-0.4, -0.2) is 17.0 Å². The fraction of sp³-hybridized carbons (Fsp3) is 0.222. The fourth-order valence-corrected chi connectivity index (χ4v) is 2.53. The van der Waals surface area contributed by atoms with Crippen molar-refractivity contribution in [3.8, 4) is 0 Å². The number of rotatable bonds is 4. The monoisotopic (exact) mass is 310 g/mol. The highest BCUT2D eigenvalue weighted by molar-refractivity contribution is 6.15. The van der Waals surface area contributed by atoms with Crippen LogP contribution in [-0.2, 0) is 22.8 Å². The molecule has 0 atom stereocenters. The normalized spacial score (nSPS) is 13.9. The van der Waals surface area contributed by atoms with E-state index in [1.807, 2.05) is 48.5 Å². The minimum absolute atomic E-state index is 0.240. The topological polar surface area (TPSA) is 49.9 Å². The summed E-state index contributed by atoms with van der Waals surface area (Å²) >= 11 is 0. The van der Waals surface area contributed by atoms with E-state index in [1.165, 1.54) is 9.96 Å². The number of hydrogen-bond acceptors (Lipinski definition) is 3. The molecule has 1 aliphatic heterocycles. The summed E-state index contributed by atoms with van der Waals surface area (Å²) in [5.74, 6) is -0.240. The molecule has 0 fully saturated rings. The average molecular weight is 310 g/mol. The predicted molar refractivity (Wildman–Crippen MR) is 86.4 cm³/mol. The van der Waals surface area contributed by atoms with Crippen LogP contribution in [0.4, 0.5) is 10.5 Å². The second-order valence-corrected chi connectivity index (χ2v) is 5.29. The van der Waals surface area contributed by atoms with Gasteiger partial charge in [0, 0.05) is 6.42 Å². The smallest absolute Gasteiger partial charge is 0.274 e. The summed E-state index contributed by atoms with van der Waals surface area (Å²) in [6.45, 7) is 2.35. The Labute approximate surface area is 135 Å². The molecule has 0 saturated carbocycles. The van der Waals surface area contributed by atoms with Crippen LogP contribution in [0.2, 0.25) is 0 Å². The van der Waals surface area contributed by atoms with Crippen LogP contribution in [0.25, 0.3) is 0 Å². The van der Waals surface area contributed by atoms with Crippen molar-refractivity contribution in [1.29, 1.82) is 0 Å². The maximum absolute atomic E-state index is 12.6. The van der Waals surface area contributed by atoms with Gasteiger partial charge in [0.2, 0.25) is 5.91 Å². The zero-order valence-electron chi connectivity index (χ0n) is 12.9. The van der Waals surface area contributed by atoms with E-state index in [2.05, 4.69) is 0 Å². The van der Waals surface area contributed by atoms with Crippen LogP contribution in [0.5, 0.6) is 0 Å². The summed E-state index contributed by atoms with van der Waals surface area (Å²) in [5.41, 5.74) is 2.50. The molecule has 118 valence electrons. The number of hydrogen-bond donors (Lipinski definition) is 0. The minimum atomic E-state index is -0.438. The molecule has 0 aromatic heterocycles. The number of hydroxylamine groups is 2. The van der Waals surface area contributed by atoms with Crippen molar-refractivity contribution in [2.24, 2.45) is 0 Å². The number of carbonyl (C=O) groups is 2. The Morgan fingerprint density at radius 3 is 2.52 bits per heavy atom. The van der Waals surface area contributed by atoms with Crippen molar-refractivity contribution in [1.82, 2.24) is 5.06 Å². The van der Waals surface area contributed by atoms with Gasteiger partial charge in [0.15, 0.2) is 0 Å². The molecule has 0 aliphatic carbocycles. The number of nitrogens with zero attached hydrogens (tertiary/aromatic N) is 2. The standard InChI is InChI=1S/C18H18N2O3/c1-2-17(21)20-16-11-7-6-10-15(16)12-19(18(20)22)23-13-14-8-4-3-5-9-14/h3-11H,2,12-13H2,1H3. The number of carbonyl (C=O) groups excluding carboxylic acids is 2. The highest BCUT2D eigenvalue weighted by Gasteiger charge is 2.34. The van der Waals surface area contributed by atoms with Crippen molar-refractivity contribution >= 4 is 17.6 Å². The van der Waals surface area contributed by atoms with E-state index in [9.17, 15) is 9.59 Å². The van der Waals surface area contributed by atoms with Crippen molar-refractivity contribution in [3.05, 3.63) is 65.7 Å². The van der Waals surface area contributed by atoms with Crippen molar-refractivity contribution < 1.29 is 14.4 Å². The number of benzene rings is 2. The minimum Gasteiger partial charge on any atom is -0.274 e. The Hall–Kier alpha value is -2.66. The number of amides is 3. The maximum atomic E-state index is 12.6. The largest absolute Gasteiger partial charge is 0.355 e. The van der Waals surface area contributed by atoms with Gasteiger partial charge in [0.05, 0.1) is 12.2 Å². The summed E-state index contributed by atoms with van der Waals surface area (Å²) in [5, 5.41) is 1.25. The molecule has 0 spiro atoms. The number of fused-ring (bicyclic) bond motifs is 1. The van der Waals surface area contributed by atoms with E-state index in [1.54, 1.807) is 13.0 Å². The van der Waals surface area contributed by atoms with Crippen LogP contribution >= 0.6 is 0 Å². The lowest BCUT2D eigenvalue weighted by atomic mass is 10.1. The summed E-state index contributed by atoms with van der Waals surface area (Å²) < 4.78 is 0. The van der Waals surface area contributed by atoms with E-state index >= 15 is 0 Å². The number of urea groups is 1. The summed E-state index contributed by atoms with van der Waals surface area (Å²) in [4.78, 5) is 31.6. The molecule has 0 N–H and O–H groups in total. The molecule has 1 aliphatic rings. The van der Waals surface area contributed by atoms with Crippen LogP contribution < -0.4 is 4.90 Å². The molecule has 5 heteroatoms. The third-order valence-corrected chi connectivity index (χ3v) is 3.73. The maximum Gasteiger partial charge on any atom is 0.355 e. The molecule has 0 unspecified atom stereocenters. The lowest BCUT2D eigenvalue weighted by Gasteiger charge is -2.34. The SMILES string of the molecule is CCC(=O)N1C(=O)N(OCc2ccccc2)Cc2ccccc21.